The first kappa shape index (κ1) is 15.8. The van der Waals surface area contributed by atoms with Gasteiger partial charge >= 0.3 is 0 Å². The Morgan fingerprint density at radius 3 is 2.48 bits per heavy atom. The second-order valence-electron chi connectivity index (χ2n) is 4.78. The lowest BCUT2D eigenvalue weighted by Gasteiger charge is -2.12. The van der Waals surface area contributed by atoms with Gasteiger partial charge in [0.25, 0.3) is 0 Å². The van der Waals surface area contributed by atoms with E-state index in [1.54, 1.807) is 7.11 Å². The number of ether oxygens (including phenoxy) is 3. The third kappa shape index (κ3) is 4.43. The van der Waals surface area contributed by atoms with E-state index in [0.717, 1.165) is 28.5 Å². The fraction of sp³-hybridized carbons (Fsp3) is 0.412. The summed E-state index contributed by atoms with van der Waals surface area (Å²) in [5.74, 6) is 0.902. The maximum atomic E-state index is 5.87. The van der Waals surface area contributed by atoms with E-state index in [1.165, 1.54) is 0 Å². The molecule has 2 aromatic carbocycles. The van der Waals surface area contributed by atoms with Gasteiger partial charge in [-0.2, -0.15) is 0 Å². The maximum Gasteiger partial charge on any atom is 0.127 e. The minimum atomic E-state index is 0.536. The van der Waals surface area contributed by atoms with Crippen LogP contribution in [0, 0.1) is 0 Å². The fourth-order valence-electron chi connectivity index (χ4n) is 2.23. The Hall–Kier alpha value is -1.62. The molecule has 0 heterocycles. The molecule has 4 nitrogen and oxygen atoms in total. The highest BCUT2D eigenvalue weighted by Crippen LogP contribution is 2.28. The van der Waals surface area contributed by atoms with Crippen LogP contribution < -0.4 is 10.5 Å². The Balaban J connectivity index is 1.90. The lowest BCUT2D eigenvalue weighted by atomic mass is 10.0. The summed E-state index contributed by atoms with van der Waals surface area (Å²) in [5.41, 5.74) is 6.92. The van der Waals surface area contributed by atoms with Crippen LogP contribution in [0.5, 0.6) is 5.75 Å². The Morgan fingerprint density at radius 1 is 0.905 bits per heavy atom. The first-order valence-electron chi connectivity index (χ1n) is 7.27. The Labute approximate surface area is 125 Å². The molecular formula is C17H23NO3. The Bertz CT molecular complexity index is 557. The topological polar surface area (TPSA) is 53.7 Å². The number of fused-ring (bicyclic) bond motifs is 1. The molecule has 0 unspecified atom stereocenters. The van der Waals surface area contributed by atoms with Gasteiger partial charge < -0.3 is 19.9 Å². The third-order valence-electron chi connectivity index (χ3n) is 3.32. The molecule has 0 aliphatic carbocycles. The summed E-state index contributed by atoms with van der Waals surface area (Å²) in [6.07, 6.45) is 0.858. The van der Waals surface area contributed by atoms with Gasteiger partial charge in [0.05, 0.1) is 19.8 Å². The van der Waals surface area contributed by atoms with Crippen molar-refractivity contribution < 1.29 is 14.2 Å². The van der Waals surface area contributed by atoms with Crippen molar-refractivity contribution >= 4 is 10.8 Å². The zero-order chi connectivity index (χ0) is 14.9. The largest absolute Gasteiger partial charge is 0.493 e. The normalized spacial score (nSPS) is 11.0. The number of benzene rings is 2. The van der Waals surface area contributed by atoms with Crippen molar-refractivity contribution in [3.05, 3.63) is 42.0 Å². The first-order chi connectivity index (χ1) is 10.4. The van der Waals surface area contributed by atoms with Crippen molar-refractivity contribution in [2.45, 2.75) is 13.0 Å². The fourth-order valence-corrected chi connectivity index (χ4v) is 2.23. The van der Waals surface area contributed by atoms with Gasteiger partial charge in [0, 0.05) is 32.1 Å². The number of hydrogen-bond donors (Lipinski definition) is 1. The van der Waals surface area contributed by atoms with Crippen molar-refractivity contribution in [3.8, 4) is 5.75 Å². The smallest absolute Gasteiger partial charge is 0.127 e. The summed E-state index contributed by atoms with van der Waals surface area (Å²) in [7, 11) is 1.67. The minimum Gasteiger partial charge on any atom is -0.493 e. The van der Waals surface area contributed by atoms with Crippen molar-refractivity contribution in [2.24, 2.45) is 5.73 Å². The van der Waals surface area contributed by atoms with Crippen molar-refractivity contribution in [1.29, 1.82) is 0 Å². The molecule has 114 valence electrons. The quantitative estimate of drug-likeness (QED) is 0.721. The highest BCUT2D eigenvalue weighted by Gasteiger charge is 2.05. The lowest BCUT2D eigenvalue weighted by molar-refractivity contribution is 0.0645. The highest BCUT2D eigenvalue weighted by atomic mass is 16.5. The predicted molar refractivity (Wildman–Crippen MR) is 84.6 cm³/mol. The Kier molecular flexibility index (Phi) is 6.47. The molecule has 0 aliphatic rings. The van der Waals surface area contributed by atoms with Crippen LogP contribution in [-0.2, 0) is 16.0 Å². The standard InChI is InChI=1S/C17H23NO3/c1-19-11-12-20-9-4-10-21-17-8-7-14(13-18)15-5-2-3-6-16(15)17/h2-3,5-8H,4,9-13,18H2,1H3. The van der Waals surface area contributed by atoms with E-state index in [4.69, 9.17) is 19.9 Å². The average molecular weight is 289 g/mol. The van der Waals surface area contributed by atoms with Crippen LogP contribution in [0.25, 0.3) is 10.8 Å². The molecule has 0 radical (unpaired) electrons. The molecule has 0 fully saturated rings. The molecule has 0 aliphatic heterocycles. The average Bonchev–Trinajstić information content (AvgIpc) is 2.54. The summed E-state index contributed by atoms with van der Waals surface area (Å²) < 4.78 is 16.2. The summed E-state index contributed by atoms with van der Waals surface area (Å²) >= 11 is 0. The molecule has 0 saturated carbocycles. The van der Waals surface area contributed by atoms with Crippen molar-refractivity contribution in [2.75, 3.05) is 33.5 Å². The lowest BCUT2D eigenvalue weighted by Crippen LogP contribution is -2.07. The van der Waals surface area contributed by atoms with Crippen LogP contribution in [0.4, 0.5) is 0 Å². The van der Waals surface area contributed by atoms with Crippen LogP contribution in [0.1, 0.15) is 12.0 Å². The van der Waals surface area contributed by atoms with E-state index < -0.39 is 0 Å². The number of rotatable bonds is 9. The zero-order valence-corrected chi connectivity index (χ0v) is 12.5. The van der Waals surface area contributed by atoms with E-state index >= 15 is 0 Å². The van der Waals surface area contributed by atoms with Gasteiger partial charge in [0.2, 0.25) is 0 Å². The van der Waals surface area contributed by atoms with E-state index in [2.05, 4.69) is 12.1 Å². The highest BCUT2D eigenvalue weighted by molar-refractivity contribution is 5.91. The predicted octanol–water partition coefficient (Wildman–Crippen LogP) is 2.73. The molecule has 0 aromatic heterocycles. The van der Waals surface area contributed by atoms with Crippen LogP contribution >= 0.6 is 0 Å². The monoisotopic (exact) mass is 289 g/mol. The van der Waals surface area contributed by atoms with Crippen LogP contribution in [0.3, 0.4) is 0 Å². The summed E-state index contributed by atoms with van der Waals surface area (Å²) in [6.45, 7) is 3.12. The molecule has 0 atom stereocenters. The van der Waals surface area contributed by atoms with E-state index in [1.807, 2.05) is 24.3 Å². The molecule has 21 heavy (non-hydrogen) atoms. The summed E-state index contributed by atoms with van der Waals surface area (Å²) in [4.78, 5) is 0. The molecule has 0 saturated heterocycles. The van der Waals surface area contributed by atoms with Gasteiger partial charge in [-0.05, 0) is 17.0 Å². The molecule has 0 bridgehead atoms. The van der Waals surface area contributed by atoms with Crippen molar-refractivity contribution in [1.82, 2.24) is 0 Å². The van der Waals surface area contributed by atoms with E-state index in [0.29, 0.717) is 33.0 Å². The van der Waals surface area contributed by atoms with Gasteiger partial charge in [-0.1, -0.05) is 30.3 Å². The second kappa shape index (κ2) is 8.62. The maximum absolute atomic E-state index is 5.87. The van der Waals surface area contributed by atoms with Crippen LogP contribution in [0.15, 0.2) is 36.4 Å². The molecule has 4 heteroatoms. The van der Waals surface area contributed by atoms with Gasteiger partial charge in [-0.15, -0.1) is 0 Å². The molecular weight excluding hydrogens is 266 g/mol. The van der Waals surface area contributed by atoms with Crippen LogP contribution in [0.2, 0.25) is 0 Å². The number of methoxy groups -OCH3 is 1. The zero-order valence-electron chi connectivity index (χ0n) is 12.5. The molecule has 0 amide bonds. The van der Waals surface area contributed by atoms with Gasteiger partial charge in [0.1, 0.15) is 5.75 Å². The number of hydrogen-bond acceptors (Lipinski definition) is 4. The molecule has 2 rings (SSSR count). The van der Waals surface area contributed by atoms with Gasteiger partial charge in [-0.3, -0.25) is 0 Å². The van der Waals surface area contributed by atoms with Crippen molar-refractivity contribution in [3.63, 3.8) is 0 Å². The van der Waals surface area contributed by atoms with Crippen LogP contribution in [-0.4, -0.2) is 33.5 Å². The summed E-state index contributed by atoms with van der Waals surface area (Å²) in [6, 6.07) is 12.2. The summed E-state index contributed by atoms with van der Waals surface area (Å²) in [5, 5.41) is 2.27. The first-order valence-corrected chi connectivity index (χ1v) is 7.27. The minimum absolute atomic E-state index is 0.536. The molecule has 0 spiro atoms. The van der Waals surface area contributed by atoms with E-state index in [9.17, 15) is 0 Å². The SMILES string of the molecule is COCCOCCCOc1ccc(CN)c2ccccc12. The molecule has 2 N–H and O–H groups in total. The Morgan fingerprint density at radius 2 is 1.71 bits per heavy atom. The second-order valence-corrected chi connectivity index (χ2v) is 4.78. The van der Waals surface area contributed by atoms with E-state index in [-0.39, 0.29) is 0 Å². The van der Waals surface area contributed by atoms with Gasteiger partial charge in [-0.25, -0.2) is 0 Å². The van der Waals surface area contributed by atoms with Gasteiger partial charge in [0.15, 0.2) is 0 Å². The third-order valence-corrected chi connectivity index (χ3v) is 3.32. The number of nitrogens with two attached hydrogens (primary N) is 1. The molecule has 2 aromatic rings.